The molecule has 0 aliphatic heterocycles. The third kappa shape index (κ3) is 1.76. The van der Waals surface area contributed by atoms with E-state index in [1.54, 1.807) is 4.90 Å². The van der Waals surface area contributed by atoms with Gasteiger partial charge in [0.1, 0.15) is 0 Å². The second-order valence-corrected chi connectivity index (χ2v) is 5.76. The summed E-state index contributed by atoms with van der Waals surface area (Å²) in [7, 11) is 0. The maximum atomic E-state index is 11.8. The first kappa shape index (κ1) is 13.2. The topological polar surface area (TPSA) is 40.5 Å². The highest BCUT2D eigenvalue weighted by Gasteiger charge is 2.49. The van der Waals surface area contributed by atoms with Crippen LogP contribution in [0.1, 0.15) is 37.3 Å². The maximum absolute atomic E-state index is 11.8. The Hall–Kier alpha value is -1.77. The van der Waals surface area contributed by atoms with Crippen molar-refractivity contribution in [2.24, 2.45) is 5.92 Å². The molecule has 2 aliphatic rings. The van der Waals surface area contributed by atoms with Crippen molar-refractivity contribution >= 4 is 6.09 Å². The van der Waals surface area contributed by atoms with Crippen molar-refractivity contribution in [2.75, 3.05) is 6.54 Å². The lowest BCUT2D eigenvalue weighted by Crippen LogP contribution is -2.56. The van der Waals surface area contributed by atoms with Crippen molar-refractivity contribution in [3.63, 3.8) is 0 Å². The Morgan fingerprint density at radius 2 is 2.20 bits per heavy atom. The van der Waals surface area contributed by atoms with Crippen LogP contribution in [0.3, 0.4) is 0 Å². The van der Waals surface area contributed by atoms with Gasteiger partial charge in [0.05, 0.1) is 5.54 Å². The lowest BCUT2D eigenvalue weighted by molar-refractivity contribution is 0.0236. The van der Waals surface area contributed by atoms with Crippen LogP contribution < -0.4 is 0 Å². The highest BCUT2D eigenvalue weighted by molar-refractivity contribution is 5.67. The summed E-state index contributed by atoms with van der Waals surface area (Å²) in [6.07, 6.45) is 7.49. The van der Waals surface area contributed by atoms with Gasteiger partial charge in [0, 0.05) is 6.54 Å². The number of aryl methyl sites for hydroxylation is 1. The number of nitrogens with zero attached hydrogens (tertiary/aromatic N) is 1. The van der Waals surface area contributed by atoms with Gasteiger partial charge in [-0.1, -0.05) is 36.4 Å². The van der Waals surface area contributed by atoms with E-state index in [0.717, 1.165) is 25.7 Å². The molecule has 3 heteroatoms. The van der Waals surface area contributed by atoms with Gasteiger partial charge in [0.25, 0.3) is 0 Å². The lowest BCUT2D eigenvalue weighted by atomic mass is 9.63. The summed E-state index contributed by atoms with van der Waals surface area (Å²) in [5.41, 5.74) is 2.19. The molecule has 0 saturated heterocycles. The molecule has 1 aromatic carbocycles. The number of benzene rings is 1. The van der Waals surface area contributed by atoms with Crippen LogP contribution in [0.25, 0.3) is 0 Å². The second-order valence-electron chi connectivity index (χ2n) is 5.76. The highest BCUT2D eigenvalue weighted by atomic mass is 16.4. The van der Waals surface area contributed by atoms with E-state index in [1.165, 1.54) is 11.1 Å². The summed E-state index contributed by atoms with van der Waals surface area (Å²) in [5.74, 6) is 0.401. The van der Waals surface area contributed by atoms with Crippen LogP contribution in [0.15, 0.2) is 36.4 Å². The van der Waals surface area contributed by atoms with E-state index in [0.29, 0.717) is 12.5 Å². The minimum atomic E-state index is -0.801. The fourth-order valence-corrected chi connectivity index (χ4v) is 4.13. The standard InChI is InChI=1S/C17H21NO2/c1-2-18(16(19)20)17-12-6-5-8-14(17)11-10-13-7-3-4-9-15(13)17/h3-7,9,14H,2,8,10-12H2,1H3,(H,19,20)/t14-,17+/m1/s1. The predicted octanol–water partition coefficient (Wildman–Crippen LogP) is 3.79. The van der Waals surface area contributed by atoms with Gasteiger partial charge in [0.2, 0.25) is 0 Å². The van der Waals surface area contributed by atoms with Crippen molar-refractivity contribution in [1.82, 2.24) is 4.90 Å². The van der Waals surface area contributed by atoms with Gasteiger partial charge in [-0.25, -0.2) is 4.79 Å². The Balaban J connectivity index is 2.20. The zero-order valence-electron chi connectivity index (χ0n) is 11.9. The average Bonchev–Trinajstić information content (AvgIpc) is 2.47. The van der Waals surface area contributed by atoms with Crippen LogP contribution in [0.4, 0.5) is 4.79 Å². The van der Waals surface area contributed by atoms with E-state index < -0.39 is 6.09 Å². The zero-order chi connectivity index (χ0) is 14.2. The van der Waals surface area contributed by atoms with Crippen LogP contribution in [0.2, 0.25) is 0 Å². The smallest absolute Gasteiger partial charge is 0.408 e. The molecule has 0 radical (unpaired) electrons. The molecule has 20 heavy (non-hydrogen) atoms. The monoisotopic (exact) mass is 271 g/mol. The van der Waals surface area contributed by atoms with Crippen molar-refractivity contribution in [3.8, 4) is 0 Å². The first-order valence-corrected chi connectivity index (χ1v) is 7.44. The summed E-state index contributed by atoms with van der Waals surface area (Å²) < 4.78 is 0. The number of carbonyl (C=O) groups is 1. The molecule has 2 aliphatic carbocycles. The van der Waals surface area contributed by atoms with Gasteiger partial charge in [-0.15, -0.1) is 0 Å². The molecule has 0 heterocycles. The molecule has 0 aromatic heterocycles. The number of carboxylic acid groups (broad SMARTS) is 1. The van der Waals surface area contributed by atoms with Gasteiger partial charge in [-0.05, 0) is 49.7 Å². The first-order valence-electron chi connectivity index (χ1n) is 7.44. The summed E-state index contributed by atoms with van der Waals surface area (Å²) in [6.45, 7) is 2.48. The fraction of sp³-hybridized carbons (Fsp3) is 0.471. The van der Waals surface area contributed by atoms with Crippen molar-refractivity contribution in [1.29, 1.82) is 0 Å². The van der Waals surface area contributed by atoms with E-state index in [-0.39, 0.29) is 5.54 Å². The van der Waals surface area contributed by atoms with Crippen molar-refractivity contribution in [3.05, 3.63) is 47.5 Å². The third-order valence-corrected chi connectivity index (χ3v) is 4.97. The van der Waals surface area contributed by atoms with Crippen molar-refractivity contribution in [2.45, 2.75) is 38.1 Å². The van der Waals surface area contributed by atoms with Crippen LogP contribution in [-0.4, -0.2) is 22.6 Å². The average molecular weight is 271 g/mol. The Kier molecular flexibility index (Phi) is 3.28. The lowest BCUT2D eigenvalue weighted by Gasteiger charge is -2.52. The molecule has 3 nitrogen and oxygen atoms in total. The third-order valence-electron chi connectivity index (χ3n) is 4.97. The highest BCUT2D eigenvalue weighted by Crippen LogP contribution is 2.50. The van der Waals surface area contributed by atoms with Crippen LogP contribution in [0.5, 0.6) is 0 Å². The van der Waals surface area contributed by atoms with Gasteiger partial charge >= 0.3 is 6.09 Å². The van der Waals surface area contributed by atoms with E-state index in [9.17, 15) is 9.90 Å². The number of fused-ring (bicyclic) bond motifs is 3. The summed E-state index contributed by atoms with van der Waals surface area (Å²) in [6, 6.07) is 8.38. The number of hydrogen-bond acceptors (Lipinski definition) is 1. The molecule has 1 N–H and O–H groups in total. The van der Waals surface area contributed by atoms with Crippen LogP contribution in [-0.2, 0) is 12.0 Å². The number of rotatable bonds is 2. The molecule has 3 rings (SSSR count). The minimum absolute atomic E-state index is 0.357. The van der Waals surface area contributed by atoms with E-state index in [2.05, 4.69) is 30.4 Å². The molecule has 106 valence electrons. The van der Waals surface area contributed by atoms with Gasteiger partial charge in [0.15, 0.2) is 0 Å². The molecule has 0 bridgehead atoms. The Labute approximate surface area is 119 Å². The summed E-state index contributed by atoms with van der Waals surface area (Å²) in [4.78, 5) is 13.5. The molecule has 0 fully saturated rings. The predicted molar refractivity (Wildman–Crippen MR) is 78.7 cm³/mol. The quantitative estimate of drug-likeness (QED) is 0.831. The van der Waals surface area contributed by atoms with Gasteiger partial charge in [-0.2, -0.15) is 0 Å². The van der Waals surface area contributed by atoms with Crippen LogP contribution >= 0.6 is 0 Å². The number of hydrogen-bond donors (Lipinski definition) is 1. The Bertz CT molecular complexity index is 552. The zero-order valence-corrected chi connectivity index (χ0v) is 11.9. The molecule has 1 aromatic rings. The maximum Gasteiger partial charge on any atom is 0.408 e. The number of allylic oxidation sites excluding steroid dienone is 1. The number of amides is 1. The van der Waals surface area contributed by atoms with E-state index >= 15 is 0 Å². The molecule has 0 unspecified atom stereocenters. The van der Waals surface area contributed by atoms with E-state index in [1.807, 2.05) is 13.0 Å². The molecule has 2 atom stereocenters. The van der Waals surface area contributed by atoms with Gasteiger partial charge < -0.3 is 5.11 Å². The molecule has 0 saturated carbocycles. The summed E-state index contributed by atoms with van der Waals surface area (Å²) in [5, 5.41) is 9.69. The van der Waals surface area contributed by atoms with Gasteiger partial charge in [-0.3, -0.25) is 4.90 Å². The van der Waals surface area contributed by atoms with Crippen LogP contribution in [0, 0.1) is 5.92 Å². The Morgan fingerprint density at radius 1 is 1.40 bits per heavy atom. The largest absolute Gasteiger partial charge is 0.465 e. The normalized spacial score (nSPS) is 27.6. The molecule has 1 amide bonds. The summed E-state index contributed by atoms with van der Waals surface area (Å²) >= 11 is 0. The first-order chi connectivity index (χ1) is 9.70. The molecule has 0 spiro atoms. The fourth-order valence-electron chi connectivity index (χ4n) is 4.13. The SMILES string of the molecule is CCN(C(=O)O)[C@@]12CC=CC[C@@H]1CCc1ccccc12. The molecular formula is C17H21NO2. The minimum Gasteiger partial charge on any atom is -0.465 e. The molecular weight excluding hydrogens is 250 g/mol. The van der Waals surface area contributed by atoms with E-state index in [4.69, 9.17) is 0 Å². The van der Waals surface area contributed by atoms with Crippen molar-refractivity contribution < 1.29 is 9.90 Å². The Morgan fingerprint density at radius 3 is 2.95 bits per heavy atom. The second kappa shape index (κ2) is 4.97.